The van der Waals surface area contributed by atoms with Crippen LogP contribution in [-0.4, -0.2) is 18.8 Å². The predicted octanol–water partition coefficient (Wildman–Crippen LogP) is 3.11. The summed E-state index contributed by atoms with van der Waals surface area (Å²) in [5.74, 6) is 0. The molecular formula is C12H17ClO2. The van der Waals surface area contributed by atoms with E-state index in [2.05, 4.69) is 0 Å². The van der Waals surface area contributed by atoms with Gasteiger partial charge in [0, 0.05) is 18.7 Å². The molecule has 0 aliphatic rings. The Hall–Kier alpha value is -0.570. The van der Waals surface area contributed by atoms with Crippen LogP contribution in [0.25, 0.3) is 0 Å². The summed E-state index contributed by atoms with van der Waals surface area (Å²) in [6.07, 6.45) is 1.02. The van der Waals surface area contributed by atoms with Crippen molar-refractivity contribution in [1.29, 1.82) is 0 Å². The lowest BCUT2D eigenvalue weighted by atomic mass is 10.0. The lowest BCUT2D eigenvalue weighted by Crippen LogP contribution is -2.01. The number of benzene rings is 1. The van der Waals surface area contributed by atoms with E-state index in [-0.39, 0.29) is 0 Å². The van der Waals surface area contributed by atoms with E-state index in [1.807, 2.05) is 25.1 Å². The normalized spacial score (nSPS) is 12.8. The van der Waals surface area contributed by atoms with Gasteiger partial charge in [0.25, 0.3) is 0 Å². The first-order chi connectivity index (χ1) is 7.16. The number of aryl methyl sites for hydroxylation is 1. The van der Waals surface area contributed by atoms with E-state index in [4.69, 9.17) is 16.3 Å². The third-order valence-corrected chi connectivity index (χ3v) is 2.92. The molecule has 0 bridgehead atoms. The van der Waals surface area contributed by atoms with Crippen LogP contribution in [0.2, 0.25) is 5.02 Å². The molecule has 1 N–H and O–H groups in total. The SMILES string of the molecule is COCCCC(O)c1cccc(C)c1Cl. The zero-order chi connectivity index (χ0) is 11.3. The van der Waals surface area contributed by atoms with Crippen LogP contribution in [-0.2, 0) is 4.74 Å². The maximum Gasteiger partial charge on any atom is 0.0805 e. The van der Waals surface area contributed by atoms with Crippen LogP contribution in [0.5, 0.6) is 0 Å². The van der Waals surface area contributed by atoms with E-state index < -0.39 is 6.10 Å². The maximum atomic E-state index is 9.91. The zero-order valence-electron chi connectivity index (χ0n) is 9.16. The second-order valence-corrected chi connectivity index (χ2v) is 4.01. The maximum absolute atomic E-state index is 9.91. The van der Waals surface area contributed by atoms with Gasteiger partial charge >= 0.3 is 0 Å². The van der Waals surface area contributed by atoms with Gasteiger partial charge in [0.15, 0.2) is 0 Å². The number of methoxy groups -OCH3 is 1. The van der Waals surface area contributed by atoms with Gasteiger partial charge < -0.3 is 9.84 Å². The highest BCUT2D eigenvalue weighted by Crippen LogP contribution is 2.28. The van der Waals surface area contributed by atoms with Gasteiger partial charge in [-0.1, -0.05) is 29.8 Å². The Morgan fingerprint density at radius 3 is 2.87 bits per heavy atom. The highest BCUT2D eigenvalue weighted by atomic mass is 35.5. The van der Waals surface area contributed by atoms with Gasteiger partial charge in [-0.2, -0.15) is 0 Å². The molecule has 1 aromatic carbocycles. The number of aliphatic hydroxyl groups is 1. The molecule has 2 nitrogen and oxygen atoms in total. The largest absolute Gasteiger partial charge is 0.388 e. The Morgan fingerprint density at radius 1 is 1.47 bits per heavy atom. The summed E-state index contributed by atoms with van der Waals surface area (Å²) in [7, 11) is 1.66. The predicted molar refractivity (Wildman–Crippen MR) is 62.3 cm³/mol. The minimum atomic E-state index is -0.493. The van der Waals surface area contributed by atoms with Crippen molar-refractivity contribution in [2.24, 2.45) is 0 Å². The molecule has 3 heteroatoms. The van der Waals surface area contributed by atoms with E-state index in [0.717, 1.165) is 17.5 Å². The molecule has 1 rings (SSSR count). The average Bonchev–Trinajstić information content (AvgIpc) is 2.22. The Bertz CT molecular complexity index is 312. The third-order valence-electron chi connectivity index (χ3n) is 2.41. The minimum Gasteiger partial charge on any atom is -0.388 e. The van der Waals surface area contributed by atoms with Crippen LogP contribution in [0.4, 0.5) is 0 Å². The van der Waals surface area contributed by atoms with Crippen LogP contribution < -0.4 is 0 Å². The van der Waals surface area contributed by atoms with Crippen molar-refractivity contribution in [3.05, 3.63) is 34.3 Å². The first-order valence-electron chi connectivity index (χ1n) is 5.09. The molecule has 1 aromatic rings. The first kappa shape index (κ1) is 12.5. The number of hydrogen-bond acceptors (Lipinski definition) is 2. The second-order valence-electron chi connectivity index (χ2n) is 3.63. The summed E-state index contributed by atoms with van der Waals surface area (Å²) in [4.78, 5) is 0. The summed E-state index contributed by atoms with van der Waals surface area (Å²) in [6.45, 7) is 2.61. The lowest BCUT2D eigenvalue weighted by Gasteiger charge is -2.13. The van der Waals surface area contributed by atoms with Crippen LogP contribution in [0.15, 0.2) is 18.2 Å². The molecule has 15 heavy (non-hydrogen) atoms. The van der Waals surface area contributed by atoms with Crippen molar-refractivity contribution in [3.8, 4) is 0 Å². The van der Waals surface area contributed by atoms with Gasteiger partial charge in [0.05, 0.1) is 6.10 Å². The van der Waals surface area contributed by atoms with Crippen molar-refractivity contribution in [2.75, 3.05) is 13.7 Å². The molecule has 1 unspecified atom stereocenters. The molecule has 0 saturated carbocycles. The molecular weight excluding hydrogens is 212 g/mol. The highest BCUT2D eigenvalue weighted by Gasteiger charge is 2.11. The zero-order valence-corrected chi connectivity index (χ0v) is 9.92. The van der Waals surface area contributed by atoms with Crippen molar-refractivity contribution < 1.29 is 9.84 Å². The molecule has 1 atom stereocenters. The Morgan fingerprint density at radius 2 is 2.20 bits per heavy atom. The molecule has 0 heterocycles. The van der Waals surface area contributed by atoms with Gasteiger partial charge in [0.1, 0.15) is 0 Å². The Labute approximate surface area is 95.8 Å². The molecule has 84 valence electrons. The highest BCUT2D eigenvalue weighted by molar-refractivity contribution is 6.32. The topological polar surface area (TPSA) is 29.5 Å². The standard InChI is InChI=1S/C12H17ClO2/c1-9-5-3-6-10(12(9)13)11(14)7-4-8-15-2/h3,5-6,11,14H,4,7-8H2,1-2H3. The monoisotopic (exact) mass is 228 g/mol. The molecule has 0 aromatic heterocycles. The van der Waals surface area contributed by atoms with Gasteiger partial charge in [-0.05, 0) is 30.9 Å². The number of rotatable bonds is 5. The molecule has 0 aliphatic heterocycles. The summed E-state index contributed by atoms with van der Waals surface area (Å²) < 4.78 is 4.94. The molecule has 0 amide bonds. The van der Waals surface area contributed by atoms with Gasteiger partial charge in [-0.25, -0.2) is 0 Å². The summed E-state index contributed by atoms with van der Waals surface area (Å²) >= 11 is 6.11. The van der Waals surface area contributed by atoms with E-state index in [1.165, 1.54) is 0 Å². The smallest absolute Gasteiger partial charge is 0.0805 e. The summed E-state index contributed by atoms with van der Waals surface area (Å²) in [5, 5.41) is 10.6. The van der Waals surface area contributed by atoms with E-state index in [1.54, 1.807) is 7.11 Å². The number of ether oxygens (including phenoxy) is 1. The molecule has 0 radical (unpaired) electrons. The van der Waals surface area contributed by atoms with E-state index >= 15 is 0 Å². The lowest BCUT2D eigenvalue weighted by molar-refractivity contribution is 0.136. The van der Waals surface area contributed by atoms with E-state index in [0.29, 0.717) is 18.1 Å². The van der Waals surface area contributed by atoms with Crippen LogP contribution in [0.3, 0.4) is 0 Å². The average molecular weight is 229 g/mol. The van der Waals surface area contributed by atoms with Gasteiger partial charge in [-0.3, -0.25) is 0 Å². The van der Waals surface area contributed by atoms with Crippen molar-refractivity contribution in [3.63, 3.8) is 0 Å². The molecule has 0 fully saturated rings. The van der Waals surface area contributed by atoms with Gasteiger partial charge in [-0.15, -0.1) is 0 Å². The molecule has 0 spiro atoms. The fraction of sp³-hybridized carbons (Fsp3) is 0.500. The second kappa shape index (κ2) is 6.11. The number of aliphatic hydroxyl groups excluding tert-OH is 1. The van der Waals surface area contributed by atoms with Crippen LogP contribution in [0, 0.1) is 6.92 Å². The quantitative estimate of drug-likeness (QED) is 0.785. The molecule has 0 saturated heterocycles. The Kier molecular flexibility index (Phi) is 5.09. The molecule has 0 aliphatic carbocycles. The Balaban J connectivity index is 2.65. The van der Waals surface area contributed by atoms with Crippen molar-refractivity contribution in [1.82, 2.24) is 0 Å². The van der Waals surface area contributed by atoms with Crippen LogP contribution in [0.1, 0.15) is 30.1 Å². The van der Waals surface area contributed by atoms with Gasteiger partial charge in [0.2, 0.25) is 0 Å². The van der Waals surface area contributed by atoms with Crippen molar-refractivity contribution in [2.45, 2.75) is 25.9 Å². The summed E-state index contributed by atoms with van der Waals surface area (Å²) in [5.41, 5.74) is 1.81. The minimum absolute atomic E-state index is 0.493. The fourth-order valence-electron chi connectivity index (χ4n) is 1.50. The van der Waals surface area contributed by atoms with Crippen molar-refractivity contribution >= 4 is 11.6 Å². The van der Waals surface area contributed by atoms with Crippen LogP contribution >= 0.6 is 11.6 Å². The van der Waals surface area contributed by atoms with E-state index in [9.17, 15) is 5.11 Å². The fourth-order valence-corrected chi connectivity index (χ4v) is 1.76. The summed E-state index contributed by atoms with van der Waals surface area (Å²) in [6, 6.07) is 5.72. The number of halogens is 1. The first-order valence-corrected chi connectivity index (χ1v) is 5.46. The third kappa shape index (κ3) is 3.49. The number of hydrogen-bond donors (Lipinski definition) is 1.